The second-order valence-electron chi connectivity index (χ2n) is 5.91. The molecule has 19 heavy (non-hydrogen) atoms. The molecule has 1 saturated carbocycles. The van der Waals surface area contributed by atoms with E-state index in [9.17, 15) is 9.50 Å². The number of hydrogen-bond donors (Lipinski definition) is 1. The van der Waals surface area contributed by atoms with Gasteiger partial charge in [0.1, 0.15) is 5.82 Å². The summed E-state index contributed by atoms with van der Waals surface area (Å²) in [4.78, 5) is 2.06. The Morgan fingerprint density at radius 2 is 1.89 bits per heavy atom. The molecule has 1 N–H and O–H groups in total. The molecule has 0 aromatic heterocycles. The molecule has 2 nitrogen and oxygen atoms in total. The van der Waals surface area contributed by atoms with Crippen LogP contribution in [0.1, 0.15) is 51.2 Å². The third-order valence-corrected chi connectivity index (χ3v) is 4.37. The summed E-state index contributed by atoms with van der Waals surface area (Å²) in [5.41, 5.74) is 1.27. The fraction of sp³-hybridized carbons (Fsp3) is 0.625. The number of nitrogens with zero attached hydrogens (tertiary/aromatic N) is 1. The van der Waals surface area contributed by atoms with E-state index in [-0.39, 0.29) is 5.82 Å². The van der Waals surface area contributed by atoms with E-state index in [1.165, 1.54) is 18.9 Å². The van der Waals surface area contributed by atoms with Gasteiger partial charge in [0.05, 0.1) is 11.8 Å². The Balaban J connectivity index is 2.12. The molecular formula is C16H24FNO. The van der Waals surface area contributed by atoms with Crippen LogP contribution in [0.5, 0.6) is 0 Å². The molecule has 1 aliphatic carbocycles. The van der Waals surface area contributed by atoms with E-state index < -0.39 is 6.10 Å². The van der Waals surface area contributed by atoms with E-state index in [4.69, 9.17) is 0 Å². The van der Waals surface area contributed by atoms with E-state index in [2.05, 4.69) is 11.8 Å². The number of hydrogen-bond acceptors (Lipinski definition) is 2. The van der Waals surface area contributed by atoms with Crippen molar-refractivity contribution in [2.45, 2.75) is 51.7 Å². The molecule has 1 aromatic rings. The van der Waals surface area contributed by atoms with Crippen LogP contribution in [0.25, 0.3) is 0 Å². The number of halogens is 1. The number of benzene rings is 1. The molecule has 3 heteroatoms. The van der Waals surface area contributed by atoms with Crippen molar-refractivity contribution in [1.82, 2.24) is 0 Å². The van der Waals surface area contributed by atoms with Gasteiger partial charge in [0.25, 0.3) is 0 Å². The molecule has 1 atom stereocenters. The maximum Gasteiger partial charge on any atom is 0.146 e. The van der Waals surface area contributed by atoms with Crippen molar-refractivity contribution in [2.75, 3.05) is 11.9 Å². The summed E-state index contributed by atoms with van der Waals surface area (Å²) in [5.74, 6) is 0.562. The highest BCUT2D eigenvalue weighted by Crippen LogP contribution is 2.31. The smallest absolute Gasteiger partial charge is 0.146 e. The van der Waals surface area contributed by atoms with Crippen LogP contribution in [0, 0.1) is 11.7 Å². The van der Waals surface area contributed by atoms with Gasteiger partial charge in [0.2, 0.25) is 0 Å². The summed E-state index contributed by atoms with van der Waals surface area (Å²) in [6.45, 7) is 3.94. The summed E-state index contributed by atoms with van der Waals surface area (Å²) in [5, 5.41) is 9.48. The average molecular weight is 265 g/mol. The van der Waals surface area contributed by atoms with Gasteiger partial charge in [-0.3, -0.25) is 0 Å². The molecule has 0 saturated heterocycles. The minimum atomic E-state index is -0.621. The highest BCUT2D eigenvalue weighted by Gasteiger charge is 2.23. The first kappa shape index (κ1) is 14.3. The van der Waals surface area contributed by atoms with Crippen molar-refractivity contribution >= 4 is 5.69 Å². The van der Waals surface area contributed by atoms with Gasteiger partial charge in [-0.05, 0) is 56.2 Å². The van der Waals surface area contributed by atoms with Gasteiger partial charge in [-0.25, -0.2) is 4.39 Å². The number of aliphatic hydroxyl groups excluding tert-OH is 1. The lowest BCUT2D eigenvalue weighted by molar-refractivity contribution is 0.199. The third-order valence-electron chi connectivity index (χ3n) is 4.37. The Morgan fingerprint density at radius 3 is 2.42 bits per heavy atom. The Kier molecular flexibility index (Phi) is 4.46. The summed E-state index contributed by atoms with van der Waals surface area (Å²) >= 11 is 0. The zero-order valence-corrected chi connectivity index (χ0v) is 12.1. The Hall–Kier alpha value is -1.09. The molecule has 0 amide bonds. The standard InChI is InChI=1S/C16H24FNO/c1-11-4-7-14(8-5-11)18(3)16-9-6-13(12(2)19)10-15(16)17/h6,9-12,14,19H,4-5,7-8H2,1-3H3/t11?,12-,14?/m0/s1. The first-order valence-electron chi connectivity index (χ1n) is 7.19. The number of aliphatic hydroxyl groups is 1. The lowest BCUT2D eigenvalue weighted by Gasteiger charge is -2.35. The normalized spacial score (nSPS) is 25.1. The SMILES string of the molecule is CC1CCC(N(C)c2ccc([C@H](C)O)cc2F)CC1. The highest BCUT2D eigenvalue weighted by molar-refractivity contribution is 5.49. The van der Waals surface area contributed by atoms with Crippen LogP contribution in [0.2, 0.25) is 0 Å². The van der Waals surface area contributed by atoms with Gasteiger partial charge in [-0.2, -0.15) is 0 Å². The third kappa shape index (κ3) is 3.27. The molecule has 0 aliphatic heterocycles. The first-order valence-corrected chi connectivity index (χ1v) is 7.19. The van der Waals surface area contributed by atoms with Gasteiger partial charge in [0, 0.05) is 13.1 Å². The van der Waals surface area contributed by atoms with Gasteiger partial charge >= 0.3 is 0 Å². The summed E-state index contributed by atoms with van der Waals surface area (Å²) in [6, 6.07) is 5.48. The van der Waals surface area contributed by atoms with Crippen LogP contribution in [0.3, 0.4) is 0 Å². The Morgan fingerprint density at radius 1 is 1.26 bits per heavy atom. The van der Waals surface area contributed by atoms with Crippen molar-refractivity contribution in [1.29, 1.82) is 0 Å². The maximum atomic E-state index is 14.1. The molecule has 106 valence electrons. The predicted molar refractivity (Wildman–Crippen MR) is 76.9 cm³/mol. The largest absolute Gasteiger partial charge is 0.389 e. The van der Waals surface area contributed by atoms with Crippen LogP contribution in [-0.4, -0.2) is 18.2 Å². The molecule has 1 fully saturated rings. The number of rotatable bonds is 3. The van der Waals surface area contributed by atoms with Crippen LogP contribution in [0.15, 0.2) is 18.2 Å². The summed E-state index contributed by atoms with van der Waals surface area (Å²) in [6.07, 6.45) is 4.10. The van der Waals surface area contributed by atoms with E-state index in [0.717, 1.165) is 18.8 Å². The predicted octanol–water partition coefficient (Wildman–Crippen LogP) is 3.89. The fourth-order valence-corrected chi connectivity index (χ4v) is 2.90. The quantitative estimate of drug-likeness (QED) is 0.896. The monoisotopic (exact) mass is 265 g/mol. The topological polar surface area (TPSA) is 23.5 Å². The van der Waals surface area contributed by atoms with Crippen LogP contribution in [0.4, 0.5) is 10.1 Å². The molecule has 0 spiro atoms. The zero-order valence-electron chi connectivity index (χ0n) is 12.1. The first-order chi connectivity index (χ1) is 8.99. The lowest BCUT2D eigenvalue weighted by atomic mass is 9.86. The van der Waals surface area contributed by atoms with E-state index in [1.807, 2.05) is 13.1 Å². The highest BCUT2D eigenvalue weighted by atomic mass is 19.1. The molecule has 1 aromatic carbocycles. The average Bonchev–Trinajstić information content (AvgIpc) is 2.38. The van der Waals surface area contributed by atoms with Crippen molar-refractivity contribution in [3.05, 3.63) is 29.6 Å². The number of anilines is 1. The maximum absolute atomic E-state index is 14.1. The van der Waals surface area contributed by atoms with Crippen molar-refractivity contribution in [3.63, 3.8) is 0 Å². The molecule has 0 heterocycles. The molecule has 2 rings (SSSR count). The van der Waals surface area contributed by atoms with E-state index in [0.29, 0.717) is 17.3 Å². The second kappa shape index (κ2) is 5.91. The minimum absolute atomic E-state index is 0.237. The minimum Gasteiger partial charge on any atom is -0.389 e. The molecule has 0 radical (unpaired) electrons. The van der Waals surface area contributed by atoms with Crippen molar-refractivity contribution < 1.29 is 9.50 Å². The fourth-order valence-electron chi connectivity index (χ4n) is 2.90. The lowest BCUT2D eigenvalue weighted by Crippen LogP contribution is -2.35. The summed E-state index contributed by atoms with van der Waals surface area (Å²) < 4.78 is 14.1. The molecular weight excluding hydrogens is 241 g/mol. The summed E-state index contributed by atoms with van der Waals surface area (Å²) in [7, 11) is 1.97. The van der Waals surface area contributed by atoms with Gasteiger partial charge in [-0.1, -0.05) is 13.0 Å². The van der Waals surface area contributed by atoms with Crippen LogP contribution in [-0.2, 0) is 0 Å². The molecule has 1 aliphatic rings. The second-order valence-corrected chi connectivity index (χ2v) is 5.91. The van der Waals surface area contributed by atoms with E-state index >= 15 is 0 Å². The van der Waals surface area contributed by atoms with Crippen LogP contribution < -0.4 is 4.90 Å². The van der Waals surface area contributed by atoms with E-state index in [1.54, 1.807) is 13.0 Å². The zero-order chi connectivity index (χ0) is 14.0. The van der Waals surface area contributed by atoms with Gasteiger partial charge in [0.15, 0.2) is 0 Å². The van der Waals surface area contributed by atoms with Gasteiger partial charge in [-0.15, -0.1) is 0 Å². The Bertz CT molecular complexity index is 425. The Labute approximate surface area is 115 Å². The van der Waals surface area contributed by atoms with Gasteiger partial charge < -0.3 is 10.0 Å². The van der Waals surface area contributed by atoms with Crippen LogP contribution >= 0.6 is 0 Å². The van der Waals surface area contributed by atoms with Crippen molar-refractivity contribution in [2.24, 2.45) is 5.92 Å². The van der Waals surface area contributed by atoms with Crippen molar-refractivity contribution in [3.8, 4) is 0 Å². The molecule has 0 bridgehead atoms. The molecule has 0 unspecified atom stereocenters.